The van der Waals surface area contributed by atoms with E-state index in [0.29, 0.717) is 5.95 Å². The average molecular weight is 384 g/mol. The van der Waals surface area contributed by atoms with Crippen LogP contribution in [0.5, 0.6) is 0 Å². The number of hydrogen-bond acceptors (Lipinski definition) is 4. The number of imidazole rings is 1. The highest BCUT2D eigenvalue weighted by atomic mass is 127. The molecular weight excluding hydrogens is 371 g/mol. The number of anilines is 1. The van der Waals surface area contributed by atoms with E-state index in [1.165, 1.54) is 0 Å². The van der Waals surface area contributed by atoms with Crippen molar-refractivity contribution in [3.63, 3.8) is 0 Å². The first kappa shape index (κ1) is 12.9. The van der Waals surface area contributed by atoms with Crippen molar-refractivity contribution in [2.24, 2.45) is 0 Å². The van der Waals surface area contributed by atoms with E-state index in [0.717, 1.165) is 25.3 Å². The third-order valence-electron chi connectivity index (χ3n) is 3.06. The first-order valence-corrected chi connectivity index (χ1v) is 7.87. The highest BCUT2D eigenvalue weighted by Crippen LogP contribution is 2.29. The standard InChI is InChI=1S/C13H13IN4S/c1-7-6-19-12(16-7)8(2)18-11-4-3-9(14)5-10(11)17-13(18)15/h3-6,8H,1-2H3,(H2,15,17). The van der Waals surface area contributed by atoms with E-state index in [2.05, 4.69) is 57.0 Å². The second kappa shape index (κ2) is 4.75. The first-order valence-electron chi connectivity index (χ1n) is 5.91. The number of nitrogens with two attached hydrogens (primary N) is 1. The normalized spacial score (nSPS) is 13.0. The Morgan fingerprint density at radius 2 is 2.16 bits per heavy atom. The minimum Gasteiger partial charge on any atom is -0.369 e. The number of benzene rings is 1. The van der Waals surface area contributed by atoms with E-state index in [1.807, 2.05) is 17.6 Å². The predicted molar refractivity (Wildman–Crippen MR) is 87.5 cm³/mol. The maximum atomic E-state index is 6.07. The lowest BCUT2D eigenvalue weighted by atomic mass is 10.3. The van der Waals surface area contributed by atoms with E-state index in [4.69, 9.17) is 5.73 Å². The summed E-state index contributed by atoms with van der Waals surface area (Å²) in [5, 5.41) is 3.12. The summed E-state index contributed by atoms with van der Waals surface area (Å²) in [6.07, 6.45) is 0. The van der Waals surface area contributed by atoms with Crippen LogP contribution in [0.25, 0.3) is 11.0 Å². The average Bonchev–Trinajstić information content (AvgIpc) is 2.91. The van der Waals surface area contributed by atoms with Crippen molar-refractivity contribution in [3.05, 3.63) is 37.9 Å². The van der Waals surface area contributed by atoms with Crippen LogP contribution in [0, 0.1) is 10.5 Å². The number of halogens is 1. The minimum absolute atomic E-state index is 0.101. The summed E-state index contributed by atoms with van der Waals surface area (Å²) in [5.41, 5.74) is 9.11. The molecule has 0 aliphatic carbocycles. The highest BCUT2D eigenvalue weighted by molar-refractivity contribution is 14.1. The number of rotatable bonds is 2. The Labute approximate surface area is 128 Å². The summed E-state index contributed by atoms with van der Waals surface area (Å²) < 4.78 is 3.21. The van der Waals surface area contributed by atoms with E-state index in [1.54, 1.807) is 11.3 Å². The van der Waals surface area contributed by atoms with Crippen molar-refractivity contribution in [2.75, 3.05) is 5.73 Å². The van der Waals surface area contributed by atoms with Gasteiger partial charge in [-0.3, -0.25) is 0 Å². The predicted octanol–water partition coefficient (Wildman–Crippen LogP) is 3.60. The van der Waals surface area contributed by atoms with Crippen molar-refractivity contribution < 1.29 is 0 Å². The zero-order valence-corrected chi connectivity index (χ0v) is 13.6. The number of hydrogen-bond donors (Lipinski definition) is 1. The van der Waals surface area contributed by atoms with Crippen LogP contribution in [0.1, 0.15) is 23.7 Å². The summed E-state index contributed by atoms with van der Waals surface area (Å²) in [6.45, 7) is 4.11. The molecule has 0 amide bonds. The molecule has 0 aliphatic rings. The maximum Gasteiger partial charge on any atom is 0.201 e. The quantitative estimate of drug-likeness (QED) is 0.687. The number of aryl methyl sites for hydroxylation is 1. The van der Waals surface area contributed by atoms with Gasteiger partial charge in [-0.25, -0.2) is 9.97 Å². The van der Waals surface area contributed by atoms with Gasteiger partial charge in [-0.15, -0.1) is 11.3 Å². The fourth-order valence-corrected chi connectivity index (χ4v) is 3.49. The third kappa shape index (κ3) is 2.23. The molecule has 0 fully saturated rings. The Kier molecular flexibility index (Phi) is 3.22. The smallest absolute Gasteiger partial charge is 0.201 e. The fraction of sp³-hybridized carbons (Fsp3) is 0.231. The van der Waals surface area contributed by atoms with Crippen molar-refractivity contribution in [3.8, 4) is 0 Å². The van der Waals surface area contributed by atoms with Gasteiger partial charge in [0.2, 0.25) is 5.95 Å². The molecule has 4 nitrogen and oxygen atoms in total. The zero-order chi connectivity index (χ0) is 13.6. The molecule has 2 aromatic heterocycles. The Hall–Kier alpha value is -1.15. The van der Waals surface area contributed by atoms with Gasteiger partial charge in [-0.1, -0.05) is 0 Å². The molecule has 3 rings (SSSR count). The molecule has 1 atom stereocenters. The van der Waals surface area contributed by atoms with Gasteiger partial charge < -0.3 is 10.3 Å². The van der Waals surface area contributed by atoms with E-state index < -0.39 is 0 Å². The molecule has 19 heavy (non-hydrogen) atoms. The molecule has 2 heterocycles. The van der Waals surface area contributed by atoms with Crippen molar-refractivity contribution in [2.45, 2.75) is 19.9 Å². The molecule has 98 valence electrons. The van der Waals surface area contributed by atoms with Crippen LogP contribution in [0.2, 0.25) is 0 Å². The molecule has 3 aromatic rings. The van der Waals surface area contributed by atoms with Crippen LogP contribution in [0.15, 0.2) is 23.6 Å². The molecular formula is C13H13IN4S. The van der Waals surface area contributed by atoms with Crippen LogP contribution in [-0.2, 0) is 0 Å². The summed E-state index contributed by atoms with van der Waals surface area (Å²) >= 11 is 3.94. The number of aromatic nitrogens is 3. The molecule has 1 aromatic carbocycles. The Morgan fingerprint density at radius 3 is 2.84 bits per heavy atom. The molecule has 0 spiro atoms. The summed E-state index contributed by atoms with van der Waals surface area (Å²) in [5.74, 6) is 0.539. The van der Waals surface area contributed by atoms with Crippen molar-refractivity contribution in [1.29, 1.82) is 0 Å². The van der Waals surface area contributed by atoms with Crippen LogP contribution in [-0.4, -0.2) is 14.5 Å². The van der Waals surface area contributed by atoms with Gasteiger partial charge in [0, 0.05) is 14.6 Å². The molecule has 1 unspecified atom stereocenters. The van der Waals surface area contributed by atoms with Gasteiger partial charge >= 0.3 is 0 Å². The van der Waals surface area contributed by atoms with Gasteiger partial charge in [0.05, 0.1) is 17.1 Å². The molecule has 0 bridgehead atoms. The molecule has 6 heteroatoms. The van der Waals surface area contributed by atoms with Crippen LogP contribution < -0.4 is 5.73 Å². The van der Waals surface area contributed by atoms with Gasteiger partial charge in [0.25, 0.3) is 0 Å². The molecule has 0 saturated heterocycles. The number of thiazole rings is 1. The lowest BCUT2D eigenvalue weighted by Gasteiger charge is -2.13. The van der Waals surface area contributed by atoms with E-state index >= 15 is 0 Å². The lowest BCUT2D eigenvalue weighted by Crippen LogP contribution is -2.10. The van der Waals surface area contributed by atoms with E-state index in [9.17, 15) is 0 Å². The van der Waals surface area contributed by atoms with Crippen LogP contribution in [0.3, 0.4) is 0 Å². The zero-order valence-electron chi connectivity index (χ0n) is 10.6. The summed E-state index contributed by atoms with van der Waals surface area (Å²) in [7, 11) is 0. The monoisotopic (exact) mass is 384 g/mol. The lowest BCUT2D eigenvalue weighted by molar-refractivity contribution is 0.661. The minimum atomic E-state index is 0.101. The van der Waals surface area contributed by atoms with Crippen molar-refractivity contribution in [1.82, 2.24) is 14.5 Å². The topological polar surface area (TPSA) is 56.7 Å². The molecule has 0 radical (unpaired) electrons. The molecule has 2 N–H and O–H groups in total. The fourth-order valence-electron chi connectivity index (χ4n) is 2.17. The molecule has 0 aliphatic heterocycles. The SMILES string of the molecule is Cc1csc(C(C)n2c(N)nc3cc(I)ccc32)n1. The Morgan fingerprint density at radius 1 is 1.37 bits per heavy atom. The van der Waals surface area contributed by atoms with Gasteiger partial charge in [-0.2, -0.15) is 0 Å². The van der Waals surface area contributed by atoms with Crippen molar-refractivity contribution >= 4 is 50.9 Å². The van der Waals surface area contributed by atoms with Gasteiger partial charge in [0.1, 0.15) is 5.01 Å². The van der Waals surface area contributed by atoms with Gasteiger partial charge in [-0.05, 0) is 54.6 Å². The Balaban J connectivity index is 2.16. The number of nitrogen functional groups attached to an aromatic ring is 1. The highest BCUT2D eigenvalue weighted by Gasteiger charge is 2.18. The largest absolute Gasteiger partial charge is 0.369 e. The second-order valence-electron chi connectivity index (χ2n) is 4.48. The van der Waals surface area contributed by atoms with Crippen LogP contribution >= 0.6 is 33.9 Å². The second-order valence-corrected chi connectivity index (χ2v) is 6.61. The third-order valence-corrected chi connectivity index (χ3v) is 4.86. The molecule has 0 saturated carbocycles. The maximum absolute atomic E-state index is 6.07. The summed E-state index contributed by atoms with van der Waals surface area (Å²) in [4.78, 5) is 8.99. The summed E-state index contributed by atoms with van der Waals surface area (Å²) in [6, 6.07) is 6.28. The number of fused-ring (bicyclic) bond motifs is 1. The van der Waals surface area contributed by atoms with Gasteiger partial charge in [0.15, 0.2) is 0 Å². The first-order chi connectivity index (χ1) is 9.06. The van der Waals surface area contributed by atoms with Crippen LogP contribution in [0.4, 0.5) is 5.95 Å². The number of nitrogens with zero attached hydrogens (tertiary/aromatic N) is 3. The Bertz CT molecular complexity index is 746. The van der Waals surface area contributed by atoms with E-state index in [-0.39, 0.29) is 6.04 Å².